The van der Waals surface area contributed by atoms with Gasteiger partial charge in [0, 0.05) is 25.4 Å². The molecule has 2 N–H and O–H groups in total. The summed E-state index contributed by atoms with van der Waals surface area (Å²) >= 11 is 0. The molecule has 1 aliphatic carbocycles. The van der Waals surface area contributed by atoms with Gasteiger partial charge in [0.15, 0.2) is 15.5 Å². The maximum absolute atomic E-state index is 15.7. The monoisotopic (exact) mass is 662 g/mol. The van der Waals surface area contributed by atoms with Gasteiger partial charge in [-0.25, -0.2) is 13.4 Å². The number of hydrogen-bond donors (Lipinski definition) is 2. The molecule has 0 bridgehead atoms. The molecule has 1 aromatic heterocycles. The number of ether oxygens (including phenoxy) is 1. The number of aliphatic hydroxyl groups excluding tert-OH is 1. The molecule has 0 amide bonds. The lowest BCUT2D eigenvalue weighted by Gasteiger charge is -2.37. The van der Waals surface area contributed by atoms with E-state index in [-0.39, 0.29) is 35.9 Å². The van der Waals surface area contributed by atoms with E-state index in [1.165, 1.54) is 47.3 Å². The first kappa shape index (κ1) is 31.4. The van der Waals surface area contributed by atoms with E-state index in [0.29, 0.717) is 39.3 Å². The number of hydrazone groups is 1. The summed E-state index contributed by atoms with van der Waals surface area (Å²) in [6.07, 6.45) is 1.54. The molecule has 242 valence electrons. The van der Waals surface area contributed by atoms with Gasteiger partial charge in [-0.05, 0) is 59.5 Å². The molecule has 3 heterocycles. The van der Waals surface area contributed by atoms with Crippen molar-refractivity contribution in [2.45, 2.75) is 23.6 Å². The highest BCUT2D eigenvalue weighted by molar-refractivity contribution is 7.90. The van der Waals surface area contributed by atoms with Gasteiger partial charge >= 0.3 is 12.3 Å². The first-order chi connectivity index (χ1) is 21.7. The number of nitrogens with zero attached hydrogens (tertiary/aromatic N) is 5. The van der Waals surface area contributed by atoms with E-state index in [1.54, 1.807) is 35.3 Å². The number of alkyl halides is 5. The average molecular weight is 663 g/mol. The minimum atomic E-state index is -4.87. The number of nitrogens with one attached hydrogen (secondary N) is 1. The summed E-state index contributed by atoms with van der Waals surface area (Å²) < 4.78 is 99.6. The summed E-state index contributed by atoms with van der Waals surface area (Å²) in [6, 6.07) is 11.6. The Morgan fingerprint density at radius 2 is 1.83 bits per heavy atom. The lowest BCUT2D eigenvalue weighted by Crippen LogP contribution is -2.40. The Balaban J connectivity index is 1.51. The molecule has 0 spiro atoms. The SMILES string of the molecule is Cn1nc(C(F)(F)CNCCO)c2c1-c1ccc(-c3cccc(S(C)(=O)=O)c3)cc1N1C(=C3C=CC(OC(F)(F)F)=CC3)C=NN21. The zero-order chi connectivity index (χ0) is 33.0. The minimum Gasteiger partial charge on any atom is -0.406 e. The van der Waals surface area contributed by atoms with Crippen LogP contribution in [-0.4, -0.2) is 61.8 Å². The van der Waals surface area contributed by atoms with Gasteiger partial charge in [0.25, 0.3) is 0 Å². The van der Waals surface area contributed by atoms with Crippen LogP contribution in [0.25, 0.3) is 22.4 Å². The van der Waals surface area contributed by atoms with E-state index >= 15 is 8.78 Å². The predicted octanol–water partition coefficient (Wildman–Crippen LogP) is 5.01. The lowest BCUT2D eigenvalue weighted by atomic mass is 9.97. The molecule has 6 rings (SSSR count). The number of halogens is 5. The van der Waals surface area contributed by atoms with Crippen LogP contribution in [-0.2, 0) is 27.5 Å². The second kappa shape index (κ2) is 11.4. The van der Waals surface area contributed by atoms with Gasteiger partial charge in [-0.15, -0.1) is 13.2 Å². The third-order valence-corrected chi connectivity index (χ3v) is 8.63. The molecule has 0 saturated carbocycles. The van der Waals surface area contributed by atoms with Gasteiger partial charge in [-0.2, -0.15) is 24.1 Å². The number of rotatable bonds is 8. The van der Waals surface area contributed by atoms with Crippen molar-refractivity contribution in [3.05, 3.63) is 83.4 Å². The molecule has 10 nitrogen and oxygen atoms in total. The van der Waals surface area contributed by atoms with Gasteiger partial charge < -0.3 is 15.2 Å². The molecule has 46 heavy (non-hydrogen) atoms. The van der Waals surface area contributed by atoms with Crippen molar-refractivity contribution in [2.24, 2.45) is 12.1 Å². The average Bonchev–Trinajstić information content (AvgIpc) is 3.59. The van der Waals surface area contributed by atoms with Crippen LogP contribution in [0, 0.1) is 0 Å². The molecule has 2 aromatic carbocycles. The fourth-order valence-corrected chi connectivity index (χ4v) is 6.17. The predicted molar refractivity (Wildman–Crippen MR) is 160 cm³/mol. The van der Waals surface area contributed by atoms with Gasteiger partial charge in [0.05, 0.1) is 41.3 Å². The topological polar surface area (TPSA) is 112 Å². The van der Waals surface area contributed by atoms with Crippen molar-refractivity contribution >= 4 is 27.4 Å². The largest absolute Gasteiger partial charge is 0.573 e. The van der Waals surface area contributed by atoms with E-state index in [9.17, 15) is 21.6 Å². The summed E-state index contributed by atoms with van der Waals surface area (Å²) in [5.41, 5.74) is 2.90. The molecule has 2 aliphatic heterocycles. The Bertz CT molecular complexity index is 1950. The molecule has 0 radical (unpaired) electrons. The second-order valence-electron chi connectivity index (χ2n) is 10.8. The van der Waals surface area contributed by atoms with Crippen LogP contribution in [0.2, 0.25) is 0 Å². The zero-order valence-corrected chi connectivity index (χ0v) is 25.2. The normalized spacial score (nSPS) is 17.6. The smallest absolute Gasteiger partial charge is 0.406 e. The summed E-state index contributed by atoms with van der Waals surface area (Å²) in [4.78, 5) is 0.114. The van der Waals surface area contributed by atoms with Crippen LogP contribution in [0.5, 0.6) is 0 Å². The Morgan fingerprint density at radius 3 is 2.50 bits per heavy atom. The van der Waals surface area contributed by atoms with Crippen molar-refractivity contribution in [1.29, 1.82) is 0 Å². The third-order valence-electron chi connectivity index (χ3n) is 7.52. The van der Waals surface area contributed by atoms with Crippen molar-refractivity contribution in [3.63, 3.8) is 0 Å². The number of aromatic nitrogens is 2. The summed E-state index contributed by atoms with van der Waals surface area (Å²) in [6.45, 7) is -1.20. The van der Waals surface area contributed by atoms with Crippen molar-refractivity contribution in [1.82, 2.24) is 15.1 Å². The molecule has 0 fully saturated rings. The molecular formula is C30H27F5N6O4S. The molecule has 3 aliphatic rings. The van der Waals surface area contributed by atoms with E-state index in [1.807, 2.05) is 0 Å². The lowest BCUT2D eigenvalue weighted by molar-refractivity contribution is -0.303. The number of aryl methyl sites for hydroxylation is 1. The second-order valence-corrected chi connectivity index (χ2v) is 12.8. The number of benzene rings is 2. The van der Waals surface area contributed by atoms with Crippen molar-refractivity contribution < 1.29 is 40.2 Å². The molecule has 0 atom stereocenters. The van der Waals surface area contributed by atoms with Crippen molar-refractivity contribution in [2.75, 3.05) is 36.1 Å². The minimum absolute atomic E-state index is 0.000831. The fourth-order valence-electron chi connectivity index (χ4n) is 5.51. The maximum atomic E-state index is 15.7. The molecular weight excluding hydrogens is 635 g/mol. The van der Waals surface area contributed by atoms with E-state index < -0.39 is 34.4 Å². The van der Waals surface area contributed by atoms with Crippen LogP contribution in [0.15, 0.2) is 87.7 Å². The molecule has 3 aromatic rings. The molecule has 0 unspecified atom stereocenters. The fraction of sp³-hybridized carbons (Fsp3) is 0.267. The highest BCUT2D eigenvalue weighted by atomic mass is 32.2. The van der Waals surface area contributed by atoms with E-state index in [0.717, 1.165) is 12.3 Å². The highest BCUT2D eigenvalue weighted by Gasteiger charge is 2.46. The number of sulfone groups is 1. The summed E-state index contributed by atoms with van der Waals surface area (Å²) in [5.74, 6) is -3.87. The molecule has 0 saturated heterocycles. The van der Waals surface area contributed by atoms with Crippen LogP contribution in [0.4, 0.5) is 33.3 Å². The van der Waals surface area contributed by atoms with E-state index in [2.05, 4.69) is 20.3 Å². The number of fused-ring (bicyclic) bond motifs is 6. The maximum Gasteiger partial charge on any atom is 0.573 e. The van der Waals surface area contributed by atoms with E-state index in [4.69, 9.17) is 5.11 Å². The van der Waals surface area contributed by atoms with Crippen LogP contribution in [0.1, 0.15) is 12.1 Å². The van der Waals surface area contributed by atoms with Gasteiger partial charge in [0.2, 0.25) is 0 Å². The molecule has 16 heteroatoms. The third kappa shape index (κ3) is 5.78. The van der Waals surface area contributed by atoms with Crippen molar-refractivity contribution in [3.8, 4) is 22.4 Å². The summed E-state index contributed by atoms with van der Waals surface area (Å²) in [5, 5.41) is 23.1. The zero-order valence-electron chi connectivity index (χ0n) is 24.4. The highest BCUT2D eigenvalue weighted by Crippen LogP contribution is 2.52. The van der Waals surface area contributed by atoms with Gasteiger partial charge in [-0.3, -0.25) is 4.68 Å². The Kier molecular flexibility index (Phi) is 7.77. The Morgan fingerprint density at radius 1 is 1.07 bits per heavy atom. The van der Waals surface area contributed by atoms with Crippen LogP contribution in [0.3, 0.4) is 0 Å². The quantitative estimate of drug-likeness (QED) is 0.256. The Hall–Kier alpha value is -4.54. The summed E-state index contributed by atoms with van der Waals surface area (Å²) in [7, 11) is -1.98. The van der Waals surface area contributed by atoms with Crippen LogP contribution < -0.4 is 15.4 Å². The number of hydrazine groups is 1. The standard InChI is InChI=1S/C30H27F5N6O4S/c1-39-26-23-11-8-20(19-4-3-5-22(14-19)46(2,43)44)15-24(23)40-25(18-6-9-21(10-7-18)45-30(33,34)35)16-37-41(40)27(26)28(38-39)29(31,32)17-36-12-13-42/h3-6,8-11,14-16,36,42H,7,12-13,17H2,1-2H3. The first-order valence-corrected chi connectivity index (χ1v) is 15.8. The van der Waals surface area contributed by atoms with Gasteiger partial charge in [0.1, 0.15) is 11.4 Å². The number of anilines is 2. The number of aliphatic hydroxyl groups is 1. The number of allylic oxidation sites excluding steroid dienone is 5. The van der Waals surface area contributed by atoms with Crippen LogP contribution >= 0.6 is 0 Å². The number of hydrogen-bond acceptors (Lipinski definition) is 9. The van der Waals surface area contributed by atoms with Gasteiger partial charge in [-0.1, -0.05) is 24.3 Å². The Labute approximate surface area is 260 Å². The first-order valence-electron chi connectivity index (χ1n) is 13.9.